The second-order valence-electron chi connectivity index (χ2n) is 7.74. The van der Waals surface area contributed by atoms with E-state index in [1.54, 1.807) is 24.3 Å². The van der Waals surface area contributed by atoms with Crippen molar-refractivity contribution in [1.29, 1.82) is 5.26 Å². The number of benzene rings is 3. The highest BCUT2D eigenvalue weighted by atomic mass is 19.3. The Morgan fingerprint density at radius 3 is 2.12 bits per heavy atom. The summed E-state index contributed by atoms with van der Waals surface area (Å²) in [4.78, 5) is 13.0. The van der Waals surface area contributed by atoms with Gasteiger partial charge in [0.05, 0.1) is 5.92 Å². The summed E-state index contributed by atoms with van der Waals surface area (Å²) >= 11 is 0. The summed E-state index contributed by atoms with van der Waals surface area (Å²) in [6.45, 7) is 0.679. The fraction of sp³-hybridized carbons (Fsp3) is 0.231. The summed E-state index contributed by atoms with van der Waals surface area (Å²) in [6.07, 6.45) is -1.20. The first kappa shape index (κ1) is 24.6. The van der Waals surface area contributed by atoms with Gasteiger partial charge in [-0.3, -0.25) is 4.79 Å². The van der Waals surface area contributed by atoms with Crippen molar-refractivity contribution in [3.63, 3.8) is 0 Å². The van der Waals surface area contributed by atoms with Crippen LogP contribution in [0.5, 0.6) is 17.2 Å². The van der Waals surface area contributed by atoms with E-state index in [2.05, 4.69) is 4.74 Å². The first-order valence-electron chi connectivity index (χ1n) is 10.4. The van der Waals surface area contributed by atoms with Crippen molar-refractivity contribution >= 4 is 5.97 Å². The monoisotopic (exact) mass is 469 g/mol. The molecular weight excluding hydrogens is 447 g/mol. The molecule has 5 nitrogen and oxygen atoms in total. The van der Waals surface area contributed by atoms with Gasteiger partial charge in [0.1, 0.15) is 29.1 Å². The van der Waals surface area contributed by atoms with Crippen molar-refractivity contribution in [2.24, 2.45) is 5.92 Å². The molecule has 8 heteroatoms. The number of carbonyl (C=O) groups excluding carboxylic acids is 1. The third-order valence-corrected chi connectivity index (χ3v) is 4.95. The third-order valence-electron chi connectivity index (χ3n) is 4.95. The van der Waals surface area contributed by atoms with Crippen LogP contribution in [0, 0.1) is 23.1 Å². The van der Waals surface area contributed by atoms with E-state index in [1.807, 2.05) is 19.9 Å². The zero-order chi connectivity index (χ0) is 24.7. The molecule has 0 heterocycles. The van der Waals surface area contributed by atoms with Crippen LogP contribution in [0.3, 0.4) is 0 Å². The summed E-state index contributed by atoms with van der Waals surface area (Å²) in [6, 6.07) is 19.6. The van der Waals surface area contributed by atoms with E-state index in [0.717, 1.165) is 0 Å². The van der Waals surface area contributed by atoms with E-state index in [4.69, 9.17) is 9.47 Å². The van der Waals surface area contributed by atoms with E-state index in [9.17, 15) is 23.2 Å². The van der Waals surface area contributed by atoms with Crippen molar-refractivity contribution in [1.82, 2.24) is 0 Å². The number of hydrogen-bond donors (Lipinski definition) is 0. The second-order valence-corrected chi connectivity index (χ2v) is 7.74. The zero-order valence-electron chi connectivity index (χ0n) is 18.5. The lowest BCUT2D eigenvalue weighted by atomic mass is 9.88. The number of esters is 1. The van der Waals surface area contributed by atoms with E-state index >= 15 is 0 Å². The lowest BCUT2D eigenvalue weighted by Gasteiger charge is -2.22. The van der Waals surface area contributed by atoms with Crippen molar-refractivity contribution in [2.75, 3.05) is 0 Å². The third kappa shape index (κ3) is 6.51. The summed E-state index contributed by atoms with van der Waals surface area (Å²) in [5, 5.41) is 9.65. The maximum atomic E-state index is 13.1. The number of hydrogen-bond acceptors (Lipinski definition) is 5. The van der Waals surface area contributed by atoms with Gasteiger partial charge in [-0.1, -0.05) is 38.1 Å². The van der Waals surface area contributed by atoms with E-state index in [0.29, 0.717) is 22.6 Å². The Balaban J connectivity index is 1.76. The number of nitriles is 1. The Labute approximate surface area is 195 Å². The SMILES string of the molecule is CC(C)C(C(=O)OC(C#N)c1cccc(Oc2ccc(F)cc2)c1)c1ccc(OC(F)F)cc1. The molecule has 3 aromatic carbocycles. The minimum Gasteiger partial charge on any atom is -0.457 e. The van der Waals surface area contributed by atoms with Gasteiger partial charge in [-0.25, -0.2) is 4.39 Å². The van der Waals surface area contributed by atoms with Crippen molar-refractivity contribution < 1.29 is 32.2 Å². The first-order valence-corrected chi connectivity index (χ1v) is 10.4. The molecule has 0 saturated carbocycles. The van der Waals surface area contributed by atoms with E-state index in [1.165, 1.54) is 48.5 Å². The van der Waals surface area contributed by atoms with E-state index in [-0.39, 0.29) is 11.7 Å². The topological polar surface area (TPSA) is 68.6 Å². The number of nitrogens with zero attached hydrogens (tertiary/aromatic N) is 1. The van der Waals surface area contributed by atoms with Crippen LogP contribution in [0.2, 0.25) is 0 Å². The Hall–Kier alpha value is -3.99. The molecule has 3 aromatic rings. The Morgan fingerprint density at radius 2 is 1.53 bits per heavy atom. The van der Waals surface area contributed by atoms with Gasteiger partial charge in [0.2, 0.25) is 6.10 Å². The summed E-state index contributed by atoms with van der Waals surface area (Å²) < 4.78 is 53.4. The molecule has 0 aliphatic rings. The maximum absolute atomic E-state index is 13.1. The number of halogens is 3. The molecule has 176 valence electrons. The molecule has 0 fully saturated rings. The number of rotatable bonds is 9. The molecule has 3 rings (SSSR count). The molecule has 0 N–H and O–H groups in total. The van der Waals surface area contributed by atoms with Gasteiger partial charge in [-0.2, -0.15) is 14.0 Å². The lowest BCUT2D eigenvalue weighted by Crippen LogP contribution is -2.22. The predicted octanol–water partition coefficient (Wildman–Crippen LogP) is 6.77. The molecule has 0 aliphatic carbocycles. The van der Waals surface area contributed by atoms with Gasteiger partial charge >= 0.3 is 12.6 Å². The molecule has 0 amide bonds. The average molecular weight is 469 g/mol. The van der Waals surface area contributed by atoms with Crippen LogP contribution >= 0.6 is 0 Å². The molecule has 0 bridgehead atoms. The van der Waals surface area contributed by atoms with Gasteiger partial charge in [0.25, 0.3) is 0 Å². The lowest BCUT2D eigenvalue weighted by molar-refractivity contribution is -0.150. The molecule has 0 saturated heterocycles. The molecule has 0 radical (unpaired) electrons. The quantitative estimate of drug-likeness (QED) is 0.324. The fourth-order valence-electron chi connectivity index (χ4n) is 3.39. The van der Waals surface area contributed by atoms with Gasteiger partial charge in [-0.15, -0.1) is 0 Å². The van der Waals surface area contributed by atoms with Crippen LogP contribution in [0.15, 0.2) is 72.8 Å². The largest absolute Gasteiger partial charge is 0.457 e. The van der Waals surface area contributed by atoms with Crippen molar-refractivity contribution in [3.8, 4) is 23.3 Å². The first-order chi connectivity index (χ1) is 16.3. The van der Waals surface area contributed by atoms with Crippen LogP contribution < -0.4 is 9.47 Å². The van der Waals surface area contributed by atoms with E-state index < -0.39 is 30.4 Å². The summed E-state index contributed by atoms with van der Waals surface area (Å²) in [7, 11) is 0. The van der Waals surface area contributed by atoms with Crippen LogP contribution in [-0.2, 0) is 9.53 Å². The smallest absolute Gasteiger partial charge is 0.387 e. The van der Waals surface area contributed by atoms with Crippen molar-refractivity contribution in [2.45, 2.75) is 32.5 Å². The van der Waals surface area contributed by atoms with Crippen molar-refractivity contribution in [3.05, 3.63) is 89.7 Å². The van der Waals surface area contributed by atoms with Gasteiger partial charge < -0.3 is 14.2 Å². The highest BCUT2D eigenvalue weighted by Crippen LogP contribution is 2.31. The van der Waals surface area contributed by atoms with Crippen LogP contribution in [0.1, 0.15) is 37.0 Å². The Bertz CT molecular complexity index is 1140. The Morgan fingerprint density at radius 1 is 0.882 bits per heavy atom. The predicted molar refractivity (Wildman–Crippen MR) is 118 cm³/mol. The van der Waals surface area contributed by atoms with Crippen LogP contribution in [0.4, 0.5) is 13.2 Å². The molecule has 0 aliphatic heterocycles. The Kier molecular flexibility index (Phi) is 8.14. The van der Waals surface area contributed by atoms with Gasteiger partial charge in [0, 0.05) is 5.56 Å². The number of ether oxygens (including phenoxy) is 3. The molecule has 34 heavy (non-hydrogen) atoms. The standard InChI is InChI=1S/C26H22F3NO4/c1-16(2)24(17-6-10-21(11-7-17)33-26(28)29)25(31)34-23(15-30)18-4-3-5-22(14-18)32-20-12-8-19(27)9-13-20/h3-14,16,23-24,26H,1-2H3. The second kappa shape index (κ2) is 11.2. The normalized spacial score (nSPS) is 12.6. The van der Waals surface area contributed by atoms with Crippen LogP contribution in [-0.4, -0.2) is 12.6 Å². The van der Waals surface area contributed by atoms with Gasteiger partial charge in [0.15, 0.2) is 0 Å². The molecular formula is C26H22F3NO4. The minimum atomic E-state index is -2.95. The van der Waals surface area contributed by atoms with Crippen LogP contribution in [0.25, 0.3) is 0 Å². The zero-order valence-corrected chi connectivity index (χ0v) is 18.5. The summed E-state index contributed by atoms with van der Waals surface area (Å²) in [5.41, 5.74) is 0.949. The highest BCUT2D eigenvalue weighted by molar-refractivity contribution is 5.79. The molecule has 2 atom stereocenters. The number of alkyl halides is 2. The maximum Gasteiger partial charge on any atom is 0.387 e. The van der Waals surface area contributed by atoms with Gasteiger partial charge in [-0.05, 0) is 60.0 Å². The fourth-order valence-corrected chi connectivity index (χ4v) is 3.39. The minimum absolute atomic E-state index is 0.0255. The molecule has 0 aromatic heterocycles. The average Bonchev–Trinajstić information content (AvgIpc) is 2.80. The molecule has 0 spiro atoms. The highest BCUT2D eigenvalue weighted by Gasteiger charge is 2.29. The summed E-state index contributed by atoms with van der Waals surface area (Å²) in [5.74, 6) is -1.18. The molecule has 2 unspecified atom stereocenters. The number of carbonyl (C=O) groups is 1.